The predicted molar refractivity (Wildman–Crippen MR) is 147 cm³/mol. The molecule has 5 rings (SSSR count). The Morgan fingerprint density at radius 3 is 1.50 bits per heavy atom. The van der Waals surface area contributed by atoms with E-state index in [0.29, 0.717) is 5.56 Å². The van der Waals surface area contributed by atoms with Crippen molar-refractivity contribution in [3.8, 4) is 0 Å². The summed E-state index contributed by atoms with van der Waals surface area (Å²) in [5.41, 5.74) is 0.695. The van der Waals surface area contributed by atoms with Crippen LogP contribution in [0.1, 0.15) is 36.0 Å². The monoisotopic (exact) mass is 556 g/mol. The third-order valence-corrected chi connectivity index (χ3v) is 11.2. The summed E-state index contributed by atoms with van der Waals surface area (Å²) in [4.78, 5) is 12.9. The fourth-order valence-corrected chi connectivity index (χ4v) is 9.83. The van der Waals surface area contributed by atoms with Gasteiger partial charge in [0.2, 0.25) is 0 Å². The minimum atomic E-state index is -2.17. The van der Waals surface area contributed by atoms with Crippen molar-refractivity contribution in [1.29, 1.82) is 0 Å². The highest BCUT2D eigenvalue weighted by Gasteiger charge is 2.51. The van der Waals surface area contributed by atoms with Gasteiger partial charge >= 0.3 is 0 Å². The van der Waals surface area contributed by atoms with Crippen molar-refractivity contribution in [2.24, 2.45) is 0 Å². The summed E-state index contributed by atoms with van der Waals surface area (Å²) in [5, 5.41) is 5.34. The minimum Gasteiger partial charge on any atom is -1.00 e. The lowest BCUT2D eigenvalue weighted by Crippen LogP contribution is -3.00. The minimum absolute atomic E-state index is 0. The molecule has 4 heteroatoms. The largest absolute Gasteiger partial charge is 1.00 e. The topological polar surface area (TPSA) is 26.3 Å². The Morgan fingerprint density at radius 2 is 1.03 bits per heavy atom. The first kappa shape index (κ1) is 26.1. The van der Waals surface area contributed by atoms with Crippen LogP contribution in [0.5, 0.6) is 0 Å². The number of hydrogen-bond acceptors (Lipinski definition) is 2. The zero-order valence-corrected chi connectivity index (χ0v) is 22.7. The van der Waals surface area contributed by atoms with Gasteiger partial charge in [-0.2, -0.15) is 0 Å². The van der Waals surface area contributed by atoms with Gasteiger partial charge in [0.15, 0.2) is 12.4 Å². The molecule has 0 saturated carbocycles. The Morgan fingerprint density at radius 1 is 0.611 bits per heavy atom. The summed E-state index contributed by atoms with van der Waals surface area (Å²) in [6, 6.07) is 42.1. The Kier molecular flexibility index (Phi) is 8.91. The van der Waals surface area contributed by atoms with Gasteiger partial charge in [-0.1, -0.05) is 84.9 Å². The molecule has 0 atom stereocenters. The van der Waals surface area contributed by atoms with Gasteiger partial charge in [0.05, 0.1) is 0 Å². The lowest BCUT2D eigenvalue weighted by Gasteiger charge is -2.33. The molecule has 0 bridgehead atoms. The number of allylic oxidation sites excluding steroid dienone is 2. The quantitative estimate of drug-likeness (QED) is 0.244. The first-order valence-corrected chi connectivity index (χ1v) is 14.1. The Hall–Kier alpha value is -3.00. The van der Waals surface area contributed by atoms with Crippen molar-refractivity contribution in [1.82, 2.24) is 0 Å². The lowest BCUT2D eigenvalue weighted by molar-refractivity contribution is -0.0000144. The molecule has 0 heterocycles. The molecule has 1 aliphatic rings. The third kappa shape index (κ3) is 5.24. The lowest BCUT2D eigenvalue weighted by atomic mass is 10.1. The standard InChI is InChI=1S/C32H30O2P.BrH/c33-30(26-15-5-1-6-16-26)25-34-31-23-13-14-24-32(31)35(27-17-7-2-8-18-27,28-19-9-3-10-20-28)29-21-11-4-12-22-29;/h1-12,15-22H,13-14,23-25H2;1H/q+1;/p-1. The molecular formula is C32H30BrO2P. The van der Waals surface area contributed by atoms with E-state index < -0.39 is 7.26 Å². The number of carbonyl (C=O) groups is 1. The van der Waals surface area contributed by atoms with Crippen LogP contribution in [-0.2, 0) is 4.74 Å². The van der Waals surface area contributed by atoms with Crippen molar-refractivity contribution in [2.45, 2.75) is 25.7 Å². The predicted octanol–water partition coefficient (Wildman–Crippen LogP) is 3.67. The number of ketones is 1. The Bertz CT molecular complexity index is 1190. The number of benzene rings is 4. The number of rotatable bonds is 8. The third-order valence-electron chi connectivity index (χ3n) is 6.70. The number of halogens is 1. The molecule has 4 aromatic carbocycles. The molecule has 0 spiro atoms. The van der Waals surface area contributed by atoms with Crippen molar-refractivity contribution in [2.75, 3.05) is 6.61 Å². The molecule has 1 aliphatic carbocycles. The van der Waals surface area contributed by atoms with Gasteiger partial charge in [-0.15, -0.1) is 0 Å². The average molecular weight is 557 g/mol. The van der Waals surface area contributed by atoms with Gasteiger partial charge in [-0.25, -0.2) is 0 Å². The number of Topliss-reactive ketones (excluding diaryl/α,β-unsaturated/α-hetero) is 1. The van der Waals surface area contributed by atoms with E-state index >= 15 is 0 Å². The van der Waals surface area contributed by atoms with Crippen molar-refractivity contribution >= 4 is 29.0 Å². The maximum atomic E-state index is 12.9. The van der Waals surface area contributed by atoms with Gasteiger partial charge in [0.25, 0.3) is 0 Å². The summed E-state index contributed by atoms with van der Waals surface area (Å²) in [6.45, 7) is 0.0707. The maximum absolute atomic E-state index is 12.9. The molecule has 0 N–H and O–H groups in total. The summed E-state index contributed by atoms with van der Waals surface area (Å²) in [7, 11) is -2.17. The van der Waals surface area contributed by atoms with Crippen LogP contribution < -0.4 is 32.9 Å². The van der Waals surface area contributed by atoms with Crippen LogP contribution in [0.3, 0.4) is 0 Å². The molecule has 0 fully saturated rings. The van der Waals surface area contributed by atoms with Crippen molar-refractivity contribution in [3.63, 3.8) is 0 Å². The zero-order valence-electron chi connectivity index (χ0n) is 20.2. The highest BCUT2D eigenvalue weighted by atomic mass is 79.9. The normalized spacial score (nSPS) is 13.6. The second kappa shape index (κ2) is 12.3. The van der Waals surface area contributed by atoms with E-state index in [-0.39, 0.29) is 29.4 Å². The fraction of sp³-hybridized carbons (Fsp3) is 0.156. The molecule has 0 saturated heterocycles. The van der Waals surface area contributed by atoms with Gasteiger partial charge < -0.3 is 21.7 Å². The van der Waals surface area contributed by atoms with Crippen LogP contribution in [0.4, 0.5) is 0 Å². The molecular weight excluding hydrogens is 527 g/mol. The van der Waals surface area contributed by atoms with E-state index in [1.54, 1.807) is 0 Å². The second-order valence-corrected chi connectivity index (χ2v) is 12.3. The molecule has 0 aromatic heterocycles. The van der Waals surface area contributed by atoms with E-state index in [1.165, 1.54) is 21.2 Å². The Labute approximate surface area is 225 Å². The fourth-order valence-electron chi connectivity index (χ4n) is 5.10. The molecule has 0 amide bonds. The number of carbonyl (C=O) groups excluding carboxylic acids is 1. The van der Waals surface area contributed by atoms with Crippen LogP contribution in [0.15, 0.2) is 132 Å². The number of hydrogen-bond donors (Lipinski definition) is 0. The highest BCUT2D eigenvalue weighted by molar-refractivity contribution is 7.99. The van der Waals surface area contributed by atoms with Gasteiger partial charge in [0, 0.05) is 18.4 Å². The average Bonchev–Trinajstić information content (AvgIpc) is 2.95. The van der Waals surface area contributed by atoms with Gasteiger partial charge in [-0.3, -0.25) is 4.79 Å². The first-order valence-electron chi connectivity index (χ1n) is 12.3. The highest BCUT2D eigenvalue weighted by Crippen LogP contribution is 2.66. The summed E-state index contributed by atoms with van der Waals surface area (Å²) in [5.74, 6) is 1.02. The SMILES string of the molecule is O=C(COC1=C([P+](c2ccccc2)(c2ccccc2)c2ccccc2)CCCC1)c1ccccc1.[Br-]. The van der Waals surface area contributed by atoms with Crippen LogP contribution in [0.2, 0.25) is 0 Å². The van der Waals surface area contributed by atoms with Gasteiger partial charge in [-0.05, 0) is 49.2 Å². The summed E-state index contributed by atoms with van der Waals surface area (Å²) < 4.78 is 6.44. The van der Waals surface area contributed by atoms with E-state index in [0.717, 1.165) is 31.4 Å². The molecule has 36 heavy (non-hydrogen) atoms. The van der Waals surface area contributed by atoms with E-state index in [4.69, 9.17) is 4.74 Å². The molecule has 2 nitrogen and oxygen atoms in total. The van der Waals surface area contributed by atoms with Crippen molar-refractivity contribution < 1.29 is 26.5 Å². The van der Waals surface area contributed by atoms with E-state index in [9.17, 15) is 4.79 Å². The van der Waals surface area contributed by atoms with Crippen LogP contribution >= 0.6 is 7.26 Å². The molecule has 0 radical (unpaired) electrons. The second-order valence-electron chi connectivity index (χ2n) is 8.83. The van der Waals surface area contributed by atoms with E-state index in [1.807, 2.05) is 30.3 Å². The van der Waals surface area contributed by atoms with Crippen LogP contribution in [0.25, 0.3) is 0 Å². The van der Waals surface area contributed by atoms with Crippen molar-refractivity contribution in [3.05, 3.63) is 138 Å². The zero-order chi connectivity index (χ0) is 23.9. The molecule has 0 unspecified atom stereocenters. The maximum Gasteiger partial charge on any atom is 0.200 e. The Balaban J connectivity index is 0.00000304. The molecule has 4 aromatic rings. The summed E-state index contributed by atoms with van der Waals surface area (Å²) >= 11 is 0. The van der Waals surface area contributed by atoms with E-state index in [2.05, 4.69) is 91.0 Å². The number of ether oxygens (including phenoxy) is 1. The van der Waals surface area contributed by atoms with Crippen LogP contribution in [0, 0.1) is 0 Å². The summed E-state index contributed by atoms with van der Waals surface area (Å²) in [6.07, 6.45) is 4.05. The smallest absolute Gasteiger partial charge is 0.200 e. The van der Waals surface area contributed by atoms with Gasteiger partial charge in [0.1, 0.15) is 34.2 Å². The molecule has 182 valence electrons. The first-order chi connectivity index (χ1) is 17.3. The van der Waals surface area contributed by atoms with Crippen LogP contribution in [-0.4, -0.2) is 12.4 Å². The molecule has 0 aliphatic heterocycles.